The van der Waals surface area contributed by atoms with Crippen molar-refractivity contribution in [2.45, 2.75) is 26.8 Å². The topological polar surface area (TPSA) is 29.0 Å². The van der Waals surface area contributed by atoms with Crippen LogP contribution < -0.4 is 0 Å². The van der Waals surface area contributed by atoms with Crippen molar-refractivity contribution in [3.8, 4) is 0 Å². The van der Waals surface area contributed by atoms with E-state index in [-0.39, 0.29) is 5.28 Å². The van der Waals surface area contributed by atoms with Gasteiger partial charge < -0.3 is 0 Å². The lowest BCUT2D eigenvalue weighted by molar-refractivity contribution is 0.259. The van der Waals surface area contributed by atoms with Crippen LogP contribution in [0.1, 0.15) is 25.1 Å². The lowest BCUT2D eigenvalue weighted by atomic mass is 10.1. The monoisotopic (exact) mass is 258 g/mol. The van der Waals surface area contributed by atoms with Gasteiger partial charge in [-0.25, -0.2) is 9.97 Å². The normalized spacial score (nSPS) is 16.6. The van der Waals surface area contributed by atoms with Gasteiger partial charge in [0.2, 0.25) is 5.28 Å². The van der Waals surface area contributed by atoms with E-state index in [1.165, 1.54) is 5.92 Å². The van der Waals surface area contributed by atoms with Gasteiger partial charge in [-0.2, -0.15) is 0 Å². The Morgan fingerprint density at radius 1 is 1.31 bits per heavy atom. The highest BCUT2D eigenvalue weighted by atomic mass is 35.5. The molecule has 0 aromatic carbocycles. The molecule has 2 rings (SSSR count). The summed E-state index contributed by atoms with van der Waals surface area (Å²) in [6, 6.07) is 0. The van der Waals surface area contributed by atoms with Gasteiger partial charge in [0.1, 0.15) is 5.15 Å². The van der Waals surface area contributed by atoms with Crippen LogP contribution >= 0.6 is 23.2 Å². The van der Waals surface area contributed by atoms with E-state index in [1.807, 2.05) is 0 Å². The summed E-state index contributed by atoms with van der Waals surface area (Å²) in [4.78, 5) is 10.6. The number of halogens is 2. The van der Waals surface area contributed by atoms with E-state index in [9.17, 15) is 0 Å². The minimum absolute atomic E-state index is 0.239. The average molecular weight is 259 g/mol. The average Bonchev–Trinajstić information content (AvgIpc) is 2.15. The molecule has 1 aromatic rings. The van der Waals surface area contributed by atoms with Crippen molar-refractivity contribution >= 4 is 23.2 Å². The first-order valence-electron chi connectivity index (χ1n) is 5.28. The number of hydrogen-bond acceptors (Lipinski definition) is 3. The molecule has 0 aliphatic carbocycles. The van der Waals surface area contributed by atoms with Gasteiger partial charge in [-0.1, -0.05) is 25.4 Å². The quantitative estimate of drug-likeness (QED) is 0.604. The molecule has 1 aliphatic rings. The van der Waals surface area contributed by atoms with Gasteiger partial charge in [0.15, 0.2) is 0 Å². The van der Waals surface area contributed by atoms with E-state index < -0.39 is 0 Å². The first-order valence-corrected chi connectivity index (χ1v) is 6.04. The summed E-state index contributed by atoms with van der Waals surface area (Å²) in [7, 11) is 0. The molecule has 0 saturated heterocycles. The van der Waals surface area contributed by atoms with Crippen LogP contribution in [0.2, 0.25) is 10.4 Å². The van der Waals surface area contributed by atoms with Crippen LogP contribution in [0.4, 0.5) is 0 Å². The molecular formula is C11H14Cl2N3. The lowest BCUT2D eigenvalue weighted by Crippen LogP contribution is -2.33. The van der Waals surface area contributed by atoms with Gasteiger partial charge in [0, 0.05) is 25.2 Å². The Balaban J connectivity index is 2.20. The Bertz CT molecular complexity index is 393. The largest absolute Gasteiger partial charge is 0.297 e. The molecule has 16 heavy (non-hydrogen) atoms. The Labute approximate surface area is 106 Å². The van der Waals surface area contributed by atoms with Crippen LogP contribution in [0.15, 0.2) is 0 Å². The molecule has 0 unspecified atom stereocenters. The molecule has 87 valence electrons. The molecule has 5 heteroatoms. The molecule has 0 spiro atoms. The van der Waals surface area contributed by atoms with Gasteiger partial charge in [-0.3, -0.25) is 4.90 Å². The minimum Gasteiger partial charge on any atom is -0.297 e. The van der Waals surface area contributed by atoms with Crippen LogP contribution in [-0.2, 0) is 13.0 Å². The molecule has 0 bridgehead atoms. The standard InChI is InChI=1S/C11H14Cl2N3/c1-7(2)5-16-4-3-8-9(6-16)14-11(13)15-10(8)12/h3-6H2,1-2H3. The van der Waals surface area contributed by atoms with Crippen molar-refractivity contribution in [2.24, 2.45) is 0 Å². The third-order valence-corrected chi connectivity index (χ3v) is 3.09. The maximum atomic E-state index is 6.04. The van der Waals surface area contributed by atoms with Crippen molar-refractivity contribution in [1.82, 2.24) is 14.9 Å². The molecule has 1 aliphatic heterocycles. The first kappa shape index (κ1) is 12.1. The highest BCUT2D eigenvalue weighted by Gasteiger charge is 2.21. The summed E-state index contributed by atoms with van der Waals surface area (Å²) in [5.74, 6) is 1.40. The SMILES string of the molecule is C[C](C)CN1CCc2c(Cl)nc(Cl)nc2C1. The van der Waals surface area contributed by atoms with Crippen molar-refractivity contribution in [3.63, 3.8) is 0 Å². The van der Waals surface area contributed by atoms with Crippen LogP contribution in [0.5, 0.6) is 0 Å². The summed E-state index contributed by atoms with van der Waals surface area (Å²) in [5.41, 5.74) is 2.02. The Kier molecular flexibility index (Phi) is 3.67. The van der Waals surface area contributed by atoms with E-state index in [0.717, 1.165) is 37.3 Å². The summed E-state index contributed by atoms with van der Waals surface area (Å²) in [6.45, 7) is 7.08. The number of aromatic nitrogens is 2. The summed E-state index contributed by atoms with van der Waals surface area (Å²) < 4.78 is 0. The second kappa shape index (κ2) is 4.86. The summed E-state index contributed by atoms with van der Waals surface area (Å²) in [5, 5.41) is 0.745. The van der Waals surface area contributed by atoms with Gasteiger partial charge in [-0.15, -0.1) is 0 Å². The number of nitrogens with zero attached hydrogens (tertiary/aromatic N) is 3. The molecule has 1 radical (unpaired) electrons. The number of fused-ring (bicyclic) bond motifs is 1. The second-order valence-corrected chi connectivity index (χ2v) is 5.07. The molecule has 1 aromatic heterocycles. The maximum absolute atomic E-state index is 6.04. The number of rotatable bonds is 2. The Morgan fingerprint density at radius 3 is 2.75 bits per heavy atom. The number of hydrogen-bond donors (Lipinski definition) is 0. The fourth-order valence-corrected chi connectivity index (χ4v) is 2.51. The van der Waals surface area contributed by atoms with E-state index >= 15 is 0 Å². The van der Waals surface area contributed by atoms with Crippen molar-refractivity contribution in [2.75, 3.05) is 13.1 Å². The third-order valence-electron chi connectivity index (χ3n) is 2.61. The van der Waals surface area contributed by atoms with Gasteiger partial charge in [0.05, 0.1) is 5.69 Å². The molecule has 0 fully saturated rings. The van der Waals surface area contributed by atoms with Crippen LogP contribution in [-0.4, -0.2) is 28.0 Å². The minimum atomic E-state index is 0.239. The molecule has 0 saturated carbocycles. The zero-order valence-electron chi connectivity index (χ0n) is 9.43. The van der Waals surface area contributed by atoms with Gasteiger partial charge in [0.25, 0.3) is 0 Å². The smallest absolute Gasteiger partial charge is 0.224 e. The van der Waals surface area contributed by atoms with E-state index in [2.05, 4.69) is 28.7 Å². The zero-order chi connectivity index (χ0) is 11.7. The van der Waals surface area contributed by atoms with Crippen molar-refractivity contribution in [1.29, 1.82) is 0 Å². The molecular weight excluding hydrogens is 245 g/mol. The maximum Gasteiger partial charge on any atom is 0.224 e. The van der Waals surface area contributed by atoms with Crippen LogP contribution in [0.25, 0.3) is 0 Å². The Hall–Kier alpha value is -0.380. The van der Waals surface area contributed by atoms with E-state index in [1.54, 1.807) is 0 Å². The molecule has 3 nitrogen and oxygen atoms in total. The molecule has 0 N–H and O–H groups in total. The highest BCUT2D eigenvalue weighted by Crippen LogP contribution is 2.25. The van der Waals surface area contributed by atoms with Crippen molar-refractivity contribution < 1.29 is 0 Å². The third kappa shape index (κ3) is 2.65. The fraction of sp³-hybridized carbons (Fsp3) is 0.545. The molecule has 0 amide bonds. The second-order valence-electron chi connectivity index (χ2n) is 4.38. The summed E-state index contributed by atoms with van der Waals surface area (Å²) >= 11 is 11.8. The van der Waals surface area contributed by atoms with Crippen LogP contribution in [0, 0.1) is 5.92 Å². The van der Waals surface area contributed by atoms with E-state index in [4.69, 9.17) is 23.2 Å². The first-order chi connectivity index (χ1) is 7.56. The van der Waals surface area contributed by atoms with Crippen molar-refractivity contribution in [3.05, 3.63) is 27.6 Å². The zero-order valence-corrected chi connectivity index (χ0v) is 10.9. The predicted molar refractivity (Wildman–Crippen MR) is 65.6 cm³/mol. The van der Waals surface area contributed by atoms with E-state index in [0.29, 0.717) is 5.15 Å². The fourth-order valence-electron chi connectivity index (χ4n) is 1.99. The van der Waals surface area contributed by atoms with Gasteiger partial charge in [-0.05, 0) is 23.9 Å². The summed E-state index contributed by atoms with van der Waals surface area (Å²) in [6.07, 6.45) is 0.901. The predicted octanol–water partition coefficient (Wildman–Crippen LogP) is 2.76. The van der Waals surface area contributed by atoms with Gasteiger partial charge >= 0.3 is 0 Å². The van der Waals surface area contributed by atoms with Crippen LogP contribution in [0.3, 0.4) is 0 Å². The Morgan fingerprint density at radius 2 is 2.06 bits per heavy atom. The lowest BCUT2D eigenvalue weighted by Gasteiger charge is -2.29. The highest BCUT2D eigenvalue weighted by molar-refractivity contribution is 6.32. The molecule has 2 heterocycles. The molecule has 0 atom stereocenters.